The standard InChI is InChI=1S/C15H15N3O/c16-9-4-10-18-15(14(11-17)12-19-18)8-7-13-5-2-1-3-6-13/h1-3,5-8,14-15H,4,10,12H2/b8-7+. The van der Waals surface area contributed by atoms with Crippen molar-refractivity contribution in [1.29, 1.82) is 10.5 Å². The molecular formula is C15H15N3O. The lowest BCUT2D eigenvalue weighted by molar-refractivity contribution is -0.121. The Morgan fingerprint density at radius 2 is 2.11 bits per heavy atom. The Hall–Kier alpha value is -2.14. The minimum Gasteiger partial charge on any atom is -0.297 e. The second-order valence-electron chi connectivity index (χ2n) is 4.34. The summed E-state index contributed by atoms with van der Waals surface area (Å²) in [5, 5.41) is 19.5. The van der Waals surface area contributed by atoms with Gasteiger partial charge in [-0.2, -0.15) is 15.6 Å². The van der Waals surface area contributed by atoms with E-state index in [2.05, 4.69) is 12.1 Å². The third kappa shape index (κ3) is 3.42. The molecule has 1 aliphatic rings. The van der Waals surface area contributed by atoms with Crippen LogP contribution in [0.1, 0.15) is 12.0 Å². The molecule has 19 heavy (non-hydrogen) atoms. The van der Waals surface area contributed by atoms with Crippen molar-refractivity contribution in [3.63, 3.8) is 0 Å². The molecular weight excluding hydrogens is 238 g/mol. The second kappa shape index (κ2) is 6.70. The summed E-state index contributed by atoms with van der Waals surface area (Å²) < 4.78 is 0. The monoisotopic (exact) mass is 253 g/mol. The van der Waals surface area contributed by atoms with Crippen LogP contribution in [0, 0.1) is 28.6 Å². The van der Waals surface area contributed by atoms with Crippen LogP contribution in [0.25, 0.3) is 6.08 Å². The van der Waals surface area contributed by atoms with Crippen LogP contribution in [0.2, 0.25) is 0 Å². The van der Waals surface area contributed by atoms with Gasteiger partial charge in [-0.05, 0) is 5.56 Å². The van der Waals surface area contributed by atoms with Gasteiger partial charge < -0.3 is 0 Å². The minimum atomic E-state index is -0.182. The van der Waals surface area contributed by atoms with Crippen LogP contribution >= 0.6 is 0 Å². The zero-order valence-corrected chi connectivity index (χ0v) is 10.6. The first-order chi connectivity index (χ1) is 9.35. The summed E-state index contributed by atoms with van der Waals surface area (Å²) in [4.78, 5) is 5.47. The molecule has 0 radical (unpaired) electrons. The van der Waals surface area contributed by atoms with Crippen LogP contribution in [0.5, 0.6) is 0 Å². The maximum atomic E-state index is 9.12. The summed E-state index contributed by atoms with van der Waals surface area (Å²) in [6.07, 6.45) is 4.37. The number of nitrogens with zero attached hydrogens (tertiary/aromatic N) is 3. The fraction of sp³-hybridized carbons (Fsp3) is 0.333. The zero-order valence-electron chi connectivity index (χ0n) is 10.6. The minimum absolute atomic E-state index is 0.0847. The lowest BCUT2D eigenvalue weighted by Crippen LogP contribution is -2.30. The molecule has 1 aromatic rings. The largest absolute Gasteiger partial charge is 0.297 e. The van der Waals surface area contributed by atoms with Gasteiger partial charge in [-0.3, -0.25) is 4.84 Å². The van der Waals surface area contributed by atoms with E-state index < -0.39 is 0 Å². The van der Waals surface area contributed by atoms with Crippen molar-refractivity contribution in [2.45, 2.75) is 12.5 Å². The molecule has 0 aliphatic carbocycles. The number of hydroxylamine groups is 2. The predicted octanol–water partition coefficient (Wildman–Crippen LogP) is 2.37. The Morgan fingerprint density at radius 3 is 2.79 bits per heavy atom. The summed E-state index contributed by atoms with van der Waals surface area (Å²) >= 11 is 0. The predicted molar refractivity (Wildman–Crippen MR) is 71.3 cm³/mol. The van der Waals surface area contributed by atoms with Crippen molar-refractivity contribution in [3.05, 3.63) is 42.0 Å². The van der Waals surface area contributed by atoms with Gasteiger partial charge in [0, 0.05) is 6.54 Å². The summed E-state index contributed by atoms with van der Waals surface area (Å²) in [6.45, 7) is 0.921. The van der Waals surface area contributed by atoms with Gasteiger partial charge in [-0.25, -0.2) is 0 Å². The second-order valence-corrected chi connectivity index (χ2v) is 4.34. The van der Waals surface area contributed by atoms with Gasteiger partial charge in [0.25, 0.3) is 0 Å². The summed E-state index contributed by atoms with van der Waals surface area (Å²) in [5.74, 6) is -0.182. The Labute approximate surface area is 113 Å². The van der Waals surface area contributed by atoms with Crippen molar-refractivity contribution in [1.82, 2.24) is 5.06 Å². The molecule has 1 aromatic carbocycles. The lowest BCUT2D eigenvalue weighted by Gasteiger charge is -2.19. The van der Waals surface area contributed by atoms with Gasteiger partial charge in [0.2, 0.25) is 0 Å². The maximum absolute atomic E-state index is 9.12. The van der Waals surface area contributed by atoms with E-state index in [9.17, 15) is 0 Å². The van der Waals surface area contributed by atoms with Crippen molar-refractivity contribution < 1.29 is 4.84 Å². The van der Waals surface area contributed by atoms with Crippen LogP contribution in [0.4, 0.5) is 0 Å². The molecule has 1 fully saturated rings. The number of hydrogen-bond donors (Lipinski definition) is 0. The number of nitriles is 2. The summed E-state index contributed by atoms with van der Waals surface area (Å²) in [6, 6.07) is 14.2. The highest BCUT2D eigenvalue weighted by atomic mass is 16.7. The highest BCUT2D eigenvalue weighted by molar-refractivity contribution is 5.49. The van der Waals surface area contributed by atoms with Gasteiger partial charge in [-0.15, -0.1) is 0 Å². The average Bonchev–Trinajstić information content (AvgIpc) is 2.86. The van der Waals surface area contributed by atoms with Crippen LogP contribution in [0.3, 0.4) is 0 Å². The quantitative estimate of drug-likeness (QED) is 0.826. The molecule has 1 aliphatic heterocycles. The molecule has 4 heteroatoms. The Bertz CT molecular complexity index is 512. The SMILES string of the molecule is N#CCCN1OCC(C#N)C1/C=C/c1ccccc1. The van der Waals surface area contributed by atoms with Gasteiger partial charge >= 0.3 is 0 Å². The van der Waals surface area contributed by atoms with Gasteiger partial charge in [0.15, 0.2) is 0 Å². The van der Waals surface area contributed by atoms with E-state index in [0.717, 1.165) is 5.56 Å². The Kier molecular flexibility index (Phi) is 4.69. The Morgan fingerprint density at radius 1 is 1.32 bits per heavy atom. The van der Waals surface area contributed by atoms with E-state index in [0.29, 0.717) is 19.6 Å². The molecule has 0 aromatic heterocycles. The third-order valence-corrected chi connectivity index (χ3v) is 3.06. The molecule has 2 atom stereocenters. The smallest absolute Gasteiger partial charge is 0.0930 e. The first-order valence-corrected chi connectivity index (χ1v) is 6.24. The fourth-order valence-electron chi connectivity index (χ4n) is 2.05. The molecule has 0 amide bonds. The molecule has 0 spiro atoms. The van der Waals surface area contributed by atoms with E-state index in [1.807, 2.05) is 42.5 Å². The van der Waals surface area contributed by atoms with Crippen molar-refractivity contribution in [2.24, 2.45) is 5.92 Å². The summed E-state index contributed by atoms with van der Waals surface area (Å²) in [5.41, 5.74) is 1.09. The molecule has 1 heterocycles. The van der Waals surface area contributed by atoms with Gasteiger partial charge in [0.05, 0.1) is 37.1 Å². The maximum Gasteiger partial charge on any atom is 0.0930 e. The average molecular weight is 253 g/mol. The van der Waals surface area contributed by atoms with Gasteiger partial charge in [0.1, 0.15) is 0 Å². The van der Waals surface area contributed by atoms with Crippen molar-refractivity contribution in [3.8, 4) is 12.1 Å². The first kappa shape index (κ1) is 13.3. The number of benzene rings is 1. The highest BCUT2D eigenvalue weighted by Crippen LogP contribution is 2.23. The van der Waals surface area contributed by atoms with E-state index in [1.54, 1.807) is 5.06 Å². The molecule has 0 N–H and O–H groups in total. The molecule has 2 unspecified atom stereocenters. The molecule has 96 valence electrons. The van der Waals surface area contributed by atoms with E-state index in [-0.39, 0.29) is 12.0 Å². The number of rotatable bonds is 4. The first-order valence-electron chi connectivity index (χ1n) is 6.24. The molecule has 4 nitrogen and oxygen atoms in total. The van der Waals surface area contributed by atoms with E-state index >= 15 is 0 Å². The van der Waals surface area contributed by atoms with Crippen LogP contribution < -0.4 is 0 Å². The van der Waals surface area contributed by atoms with Crippen molar-refractivity contribution in [2.75, 3.05) is 13.2 Å². The molecule has 2 rings (SSSR count). The molecule has 1 saturated heterocycles. The van der Waals surface area contributed by atoms with Gasteiger partial charge in [-0.1, -0.05) is 42.5 Å². The normalized spacial score (nSPS) is 23.3. The van der Waals surface area contributed by atoms with Crippen molar-refractivity contribution >= 4 is 6.08 Å². The fourth-order valence-corrected chi connectivity index (χ4v) is 2.05. The highest BCUT2D eigenvalue weighted by Gasteiger charge is 2.33. The van der Waals surface area contributed by atoms with Crippen LogP contribution in [-0.4, -0.2) is 24.3 Å². The third-order valence-electron chi connectivity index (χ3n) is 3.06. The zero-order chi connectivity index (χ0) is 13.5. The number of hydrogen-bond acceptors (Lipinski definition) is 4. The van der Waals surface area contributed by atoms with E-state index in [4.69, 9.17) is 15.4 Å². The van der Waals surface area contributed by atoms with Crippen LogP contribution in [0.15, 0.2) is 36.4 Å². The Balaban J connectivity index is 2.08. The van der Waals surface area contributed by atoms with E-state index in [1.165, 1.54) is 0 Å². The van der Waals surface area contributed by atoms with Crippen LogP contribution in [-0.2, 0) is 4.84 Å². The topological polar surface area (TPSA) is 60.1 Å². The lowest BCUT2D eigenvalue weighted by atomic mass is 10.0. The summed E-state index contributed by atoms with van der Waals surface area (Å²) in [7, 11) is 0. The molecule has 0 bridgehead atoms. The molecule has 0 saturated carbocycles.